The highest BCUT2D eigenvalue weighted by Gasteiger charge is 2.13. The van der Waals surface area contributed by atoms with Gasteiger partial charge in [0.05, 0.1) is 16.7 Å². The predicted molar refractivity (Wildman–Crippen MR) is 98.2 cm³/mol. The van der Waals surface area contributed by atoms with E-state index in [1.165, 1.54) is 12.1 Å². The highest BCUT2D eigenvalue weighted by molar-refractivity contribution is 6.36. The van der Waals surface area contributed by atoms with Gasteiger partial charge in [0.1, 0.15) is 5.75 Å². The van der Waals surface area contributed by atoms with E-state index < -0.39 is 11.8 Å². The zero-order chi connectivity index (χ0) is 18.4. The third-order valence-corrected chi connectivity index (χ3v) is 4.02. The summed E-state index contributed by atoms with van der Waals surface area (Å²) >= 11 is 11.8. The van der Waals surface area contributed by atoms with Gasteiger partial charge < -0.3 is 4.74 Å². The first-order valence-electron chi connectivity index (χ1n) is 7.73. The van der Waals surface area contributed by atoms with E-state index in [1.54, 1.807) is 30.3 Å². The number of benzene rings is 2. The molecule has 0 radical (unpaired) electrons. The number of amides is 2. The third kappa shape index (κ3) is 5.37. The molecule has 0 saturated carbocycles. The Morgan fingerprint density at radius 3 is 2.48 bits per heavy atom. The summed E-state index contributed by atoms with van der Waals surface area (Å²) < 4.78 is 5.68. The van der Waals surface area contributed by atoms with Crippen LogP contribution in [-0.4, -0.2) is 17.9 Å². The Bertz CT molecular complexity index is 781. The van der Waals surface area contributed by atoms with Gasteiger partial charge in [0, 0.05) is 10.6 Å². The Morgan fingerprint density at radius 2 is 1.80 bits per heavy atom. The molecule has 7 heteroatoms. The quantitative estimate of drug-likeness (QED) is 0.761. The molecule has 0 heterocycles. The van der Waals surface area contributed by atoms with Crippen LogP contribution in [-0.2, 0) is 0 Å². The summed E-state index contributed by atoms with van der Waals surface area (Å²) in [5.41, 5.74) is 5.24. The smallest absolute Gasteiger partial charge is 0.271 e. The summed E-state index contributed by atoms with van der Waals surface area (Å²) in [6.45, 7) is 3.96. The minimum absolute atomic E-state index is 0.0464. The summed E-state index contributed by atoms with van der Waals surface area (Å²) in [5, 5.41) is 0.618. The normalized spacial score (nSPS) is 11.5. The maximum absolute atomic E-state index is 12.2. The van der Waals surface area contributed by atoms with E-state index in [4.69, 9.17) is 27.9 Å². The Labute approximate surface area is 156 Å². The minimum atomic E-state index is -0.540. The van der Waals surface area contributed by atoms with Crippen molar-refractivity contribution in [3.63, 3.8) is 0 Å². The summed E-state index contributed by atoms with van der Waals surface area (Å²) in [7, 11) is 0. The number of hydrogen-bond donors (Lipinski definition) is 2. The average molecular weight is 381 g/mol. The van der Waals surface area contributed by atoms with Crippen molar-refractivity contribution in [1.29, 1.82) is 0 Å². The largest absolute Gasteiger partial charge is 0.491 e. The van der Waals surface area contributed by atoms with Crippen molar-refractivity contribution in [2.45, 2.75) is 26.4 Å². The second-order valence-corrected chi connectivity index (χ2v) is 6.24. The van der Waals surface area contributed by atoms with Crippen molar-refractivity contribution in [2.24, 2.45) is 0 Å². The molecule has 25 heavy (non-hydrogen) atoms. The van der Waals surface area contributed by atoms with Crippen LogP contribution in [0.1, 0.15) is 41.0 Å². The standard InChI is InChI=1S/C18H18Cl2N2O3/c1-3-11(2)25-14-6-4-5-12(9-14)17(23)21-22-18(24)15-8-7-13(19)10-16(15)20/h4-11H,3H2,1-2H3,(H,21,23)(H,22,24). The van der Waals surface area contributed by atoms with E-state index in [9.17, 15) is 9.59 Å². The first kappa shape index (κ1) is 19.1. The fourth-order valence-corrected chi connectivity index (χ4v) is 2.45. The Kier molecular flexibility index (Phi) is 6.67. The van der Waals surface area contributed by atoms with Gasteiger partial charge in [0.25, 0.3) is 11.8 Å². The maximum Gasteiger partial charge on any atom is 0.271 e. The van der Waals surface area contributed by atoms with E-state index in [2.05, 4.69) is 10.9 Å². The Balaban J connectivity index is 2.00. The maximum atomic E-state index is 12.2. The van der Waals surface area contributed by atoms with E-state index >= 15 is 0 Å². The number of halogens is 2. The molecule has 0 saturated heterocycles. The monoisotopic (exact) mass is 380 g/mol. The Hall–Kier alpha value is -2.24. The molecular weight excluding hydrogens is 363 g/mol. The van der Waals surface area contributed by atoms with Crippen LogP contribution in [0, 0.1) is 0 Å². The molecule has 0 spiro atoms. The molecule has 1 atom stereocenters. The topological polar surface area (TPSA) is 67.4 Å². The number of nitrogens with one attached hydrogen (secondary N) is 2. The lowest BCUT2D eigenvalue weighted by Crippen LogP contribution is -2.41. The molecule has 2 aromatic carbocycles. The molecule has 0 bridgehead atoms. The van der Waals surface area contributed by atoms with Gasteiger partial charge >= 0.3 is 0 Å². The van der Waals surface area contributed by atoms with Gasteiger partial charge in [0.15, 0.2) is 0 Å². The van der Waals surface area contributed by atoms with E-state index in [0.717, 1.165) is 6.42 Å². The second kappa shape index (κ2) is 8.74. The van der Waals surface area contributed by atoms with Gasteiger partial charge in [-0.2, -0.15) is 0 Å². The first-order valence-corrected chi connectivity index (χ1v) is 8.48. The predicted octanol–water partition coefficient (Wildman–Crippen LogP) is 4.25. The van der Waals surface area contributed by atoms with Crippen molar-refractivity contribution in [2.75, 3.05) is 0 Å². The van der Waals surface area contributed by atoms with Crippen LogP contribution in [0.3, 0.4) is 0 Å². The summed E-state index contributed by atoms with van der Waals surface area (Å²) in [4.78, 5) is 24.3. The van der Waals surface area contributed by atoms with Gasteiger partial charge in [-0.1, -0.05) is 36.2 Å². The molecule has 0 aliphatic heterocycles. The van der Waals surface area contributed by atoms with Crippen LogP contribution in [0.2, 0.25) is 10.0 Å². The van der Waals surface area contributed by atoms with E-state index in [0.29, 0.717) is 16.3 Å². The first-order chi connectivity index (χ1) is 11.9. The number of hydrogen-bond acceptors (Lipinski definition) is 3. The number of hydrazine groups is 1. The SMILES string of the molecule is CCC(C)Oc1cccc(C(=O)NNC(=O)c2ccc(Cl)cc2Cl)c1. The molecule has 2 rings (SSSR count). The number of carbonyl (C=O) groups is 2. The summed E-state index contributed by atoms with van der Waals surface area (Å²) in [5.74, 6) is -0.413. The molecule has 1 unspecified atom stereocenters. The fourth-order valence-electron chi connectivity index (χ4n) is 1.95. The molecular formula is C18H18Cl2N2O3. The van der Waals surface area contributed by atoms with Crippen molar-refractivity contribution in [3.8, 4) is 5.75 Å². The van der Waals surface area contributed by atoms with E-state index in [1.807, 2.05) is 13.8 Å². The third-order valence-electron chi connectivity index (χ3n) is 3.47. The van der Waals surface area contributed by atoms with Crippen molar-refractivity contribution in [1.82, 2.24) is 10.9 Å². The lowest BCUT2D eigenvalue weighted by atomic mass is 10.2. The average Bonchev–Trinajstić information content (AvgIpc) is 2.59. The van der Waals surface area contributed by atoms with E-state index in [-0.39, 0.29) is 16.7 Å². The summed E-state index contributed by atoms with van der Waals surface area (Å²) in [6, 6.07) is 11.2. The lowest BCUT2D eigenvalue weighted by molar-refractivity contribution is 0.0846. The fraction of sp³-hybridized carbons (Fsp3) is 0.222. The number of rotatable bonds is 5. The molecule has 2 aromatic rings. The van der Waals surface area contributed by atoms with Crippen LogP contribution in [0.4, 0.5) is 0 Å². The molecule has 0 fully saturated rings. The van der Waals surface area contributed by atoms with Crippen molar-refractivity contribution >= 4 is 35.0 Å². The molecule has 2 N–H and O–H groups in total. The Morgan fingerprint density at radius 1 is 1.08 bits per heavy atom. The number of ether oxygens (including phenoxy) is 1. The highest BCUT2D eigenvalue weighted by atomic mass is 35.5. The molecule has 2 amide bonds. The molecule has 132 valence electrons. The van der Waals surface area contributed by atoms with Gasteiger partial charge in [0.2, 0.25) is 0 Å². The number of carbonyl (C=O) groups excluding carboxylic acids is 2. The van der Waals surface area contributed by atoms with Gasteiger partial charge in [-0.25, -0.2) is 0 Å². The van der Waals surface area contributed by atoms with Crippen LogP contribution in [0.5, 0.6) is 5.75 Å². The molecule has 5 nitrogen and oxygen atoms in total. The second-order valence-electron chi connectivity index (χ2n) is 5.40. The zero-order valence-corrected chi connectivity index (χ0v) is 15.3. The zero-order valence-electron chi connectivity index (χ0n) is 13.8. The van der Waals surface area contributed by atoms with Crippen molar-refractivity contribution < 1.29 is 14.3 Å². The van der Waals surface area contributed by atoms with Crippen LogP contribution in [0.15, 0.2) is 42.5 Å². The van der Waals surface area contributed by atoms with Gasteiger partial charge in [-0.05, 0) is 49.7 Å². The van der Waals surface area contributed by atoms with Gasteiger partial charge in [-0.15, -0.1) is 0 Å². The lowest BCUT2D eigenvalue weighted by Gasteiger charge is -2.13. The van der Waals surface area contributed by atoms with Crippen LogP contribution in [0.25, 0.3) is 0 Å². The van der Waals surface area contributed by atoms with Crippen LogP contribution >= 0.6 is 23.2 Å². The molecule has 0 aromatic heterocycles. The van der Waals surface area contributed by atoms with Gasteiger partial charge in [-0.3, -0.25) is 20.4 Å². The molecule has 0 aliphatic rings. The van der Waals surface area contributed by atoms with Crippen molar-refractivity contribution in [3.05, 3.63) is 63.6 Å². The summed E-state index contributed by atoms with van der Waals surface area (Å²) in [6.07, 6.45) is 0.902. The van der Waals surface area contributed by atoms with Crippen LogP contribution < -0.4 is 15.6 Å². The molecule has 0 aliphatic carbocycles. The minimum Gasteiger partial charge on any atom is -0.491 e. The highest BCUT2D eigenvalue weighted by Crippen LogP contribution is 2.20.